The lowest BCUT2D eigenvalue weighted by Crippen LogP contribution is -2.32. The maximum atomic E-state index is 11.8. The first-order valence-corrected chi connectivity index (χ1v) is 6.68. The fraction of sp³-hybridized carbons (Fsp3) is 0.500. The van der Waals surface area contributed by atoms with Gasteiger partial charge in [0, 0.05) is 6.54 Å². The summed E-state index contributed by atoms with van der Waals surface area (Å²) in [5.74, 6) is -0.163. The van der Waals surface area contributed by atoms with E-state index in [0.29, 0.717) is 24.1 Å². The summed E-state index contributed by atoms with van der Waals surface area (Å²) in [5, 5.41) is 4.54. The Labute approximate surface area is 106 Å². The molecule has 0 aliphatic rings. The number of thiophene rings is 1. The van der Waals surface area contributed by atoms with E-state index in [1.54, 1.807) is 6.07 Å². The topological polar surface area (TPSA) is 50.7 Å². The van der Waals surface area contributed by atoms with E-state index >= 15 is 0 Å². The van der Waals surface area contributed by atoms with E-state index < -0.39 is 0 Å². The minimum absolute atomic E-state index is 0.163. The van der Waals surface area contributed by atoms with Gasteiger partial charge in [-0.1, -0.05) is 19.4 Å². The number of ether oxygens (including phenoxy) is 1. The molecule has 17 heavy (non-hydrogen) atoms. The fourth-order valence-corrected chi connectivity index (χ4v) is 1.78. The minimum atomic E-state index is -0.163. The Morgan fingerprint density at radius 2 is 2.35 bits per heavy atom. The fourth-order valence-electron chi connectivity index (χ4n) is 1.16. The molecule has 0 bridgehead atoms. The zero-order chi connectivity index (χ0) is 12.5. The number of carbonyl (C=O) groups excluding carboxylic acids is 1. The summed E-state index contributed by atoms with van der Waals surface area (Å²) in [4.78, 5) is 16.6. The number of amidine groups is 1. The predicted octanol–water partition coefficient (Wildman–Crippen LogP) is 2.67. The van der Waals surface area contributed by atoms with E-state index in [4.69, 9.17) is 4.74 Å². The Balaban J connectivity index is 2.54. The number of aliphatic imine (C=N–C) groups is 1. The Morgan fingerprint density at radius 1 is 1.53 bits per heavy atom. The average molecular weight is 254 g/mol. The highest BCUT2D eigenvalue weighted by Gasteiger charge is 2.09. The van der Waals surface area contributed by atoms with Crippen LogP contribution < -0.4 is 5.32 Å². The molecule has 1 heterocycles. The zero-order valence-corrected chi connectivity index (χ0v) is 11.0. The second-order valence-corrected chi connectivity index (χ2v) is 4.35. The molecule has 0 saturated heterocycles. The second kappa shape index (κ2) is 7.84. The molecule has 4 nitrogen and oxygen atoms in total. The van der Waals surface area contributed by atoms with Gasteiger partial charge in [-0.05, 0) is 24.8 Å². The van der Waals surface area contributed by atoms with Gasteiger partial charge in [-0.3, -0.25) is 10.1 Å². The number of nitrogens with one attached hydrogen (secondary N) is 1. The van der Waals surface area contributed by atoms with Gasteiger partial charge in [0.05, 0.1) is 11.5 Å². The molecule has 0 atom stereocenters. The van der Waals surface area contributed by atoms with Gasteiger partial charge < -0.3 is 4.74 Å². The van der Waals surface area contributed by atoms with Gasteiger partial charge in [-0.2, -0.15) is 0 Å². The highest BCUT2D eigenvalue weighted by atomic mass is 32.1. The van der Waals surface area contributed by atoms with E-state index in [0.717, 1.165) is 12.8 Å². The first kappa shape index (κ1) is 13.7. The van der Waals surface area contributed by atoms with E-state index in [-0.39, 0.29) is 5.91 Å². The number of amides is 1. The standard InChI is InChI=1S/C12H18N2O2S/c1-3-5-8-13-12(16-4-2)14-11(15)10-7-6-9-17-10/h6-7,9H,3-5,8H2,1-2H3,(H,13,14,15). The summed E-state index contributed by atoms with van der Waals surface area (Å²) in [6.45, 7) is 5.14. The van der Waals surface area contributed by atoms with Crippen LogP contribution in [0.2, 0.25) is 0 Å². The van der Waals surface area contributed by atoms with Crippen molar-refractivity contribution in [2.45, 2.75) is 26.7 Å². The van der Waals surface area contributed by atoms with Gasteiger partial charge in [0.2, 0.25) is 0 Å². The molecule has 0 radical (unpaired) electrons. The maximum absolute atomic E-state index is 11.8. The molecule has 94 valence electrons. The third kappa shape index (κ3) is 4.99. The molecule has 0 fully saturated rings. The molecule has 1 aromatic heterocycles. The Kier molecular flexibility index (Phi) is 6.32. The molecule has 1 N–H and O–H groups in total. The van der Waals surface area contributed by atoms with Crippen LogP contribution in [-0.4, -0.2) is 25.1 Å². The third-order valence-electron chi connectivity index (χ3n) is 2.01. The van der Waals surface area contributed by atoms with Crippen molar-refractivity contribution < 1.29 is 9.53 Å². The summed E-state index contributed by atoms with van der Waals surface area (Å²) in [5.41, 5.74) is 0. The molecule has 1 aromatic rings. The zero-order valence-electron chi connectivity index (χ0n) is 10.2. The van der Waals surface area contributed by atoms with Crippen LogP contribution in [0.5, 0.6) is 0 Å². The van der Waals surface area contributed by atoms with Crippen LogP contribution in [0.1, 0.15) is 36.4 Å². The van der Waals surface area contributed by atoms with Crippen molar-refractivity contribution in [3.63, 3.8) is 0 Å². The van der Waals surface area contributed by atoms with E-state index in [2.05, 4.69) is 17.2 Å². The molecule has 0 unspecified atom stereocenters. The molecule has 5 heteroatoms. The van der Waals surface area contributed by atoms with Crippen LogP contribution in [0, 0.1) is 0 Å². The van der Waals surface area contributed by atoms with Gasteiger partial charge >= 0.3 is 0 Å². The second-order valence-electron chi connectivity index (χ2n) is 3.40. The van der Waals surface area contributed by atoms with Crippen molar-refractivity contribution in [1.29, 1.82) is 0 Å². The van der Waals surface area contributed by atoms with Crippen molar-refractivity contribution in [3.8, 4) is 0 Å². The van der Waals surface area contributed by atoms with Crippen molar-refractivity contribution >= 4 is 23.3 Å². The minimum Gasteiger partial charge on any atom is -0.465 e. The van der Waals surface area contributed by atoms with E-state index in [9.17, 15) is 4.79 Å². The van der Waals surface area contributed by atoms with Crippen LogP contribution in [0.3, 0.4) is 0 Å². The first-order valence-electron chi connectivity index (χ1n) is 5.80. The van der Waals surface area contributed by atoms with Gasteiger partial charge in [-0.15, -0.1) is 11.3 Å². The lowest BCUT2D eigenvalue weighted by molar-refractivity contribution is 0.0970. The lowest BCUT2D eigenvalue weighted by atomic mass is 10.3. The van der Waals surface area contributed by atoms with Crippen LogP contribution in [-0.2, 0) is 4.74 Å². The summed E-state index contributed by atoms with van der Waals surface area (Å²) >= 11 is 1.40. The number of carbonyl (C=O) groups is 1. The summed E-state index contributed by atoms with van der Waals surface area (Å²) in [7, 11) is 0. The normalized spacial score (nSPS) is 11.3. The Bertz CT molecular complexity index is 361. The number of rotatable bonds is 5. The Hall–Kier alpha value is -1.36. The van der Waals surface area contributed by atoms with Crippen LogP contribution in [0.4, 0.5) is 0 Å². The third-order valence-corrected chi connectivity index (χ3v) is 2.88. The highest BCUT2D eigenvalue weighted by molar-refractivity contribution is 7.12. The van der Waals surface area contributed by atoms with E-state index in [1.165, 1.54) is 11.3 Å². The van der Waals surface area contributed by atoms with Crippen LogP contribution in [0.25, 0.3) is 0 Å². The molecule has 0 spiro atoms. The van der Waals surface area contributed by atoms with E-state index in [1.807, 2.05) is 18.4 Å². The largest absolute Gasteiger partial charge is 0.465 e. The van der Waals surface area contributed by atoms with Gasteiger partial charge in [0.1, 0.15) is 0 Å². The first-order chi connectivity index (χ1) is 8.27. The summed E-state index contributed by atoms with van der Waals surface area (Å²) in [6, 6.07) is 3.93. The molecule has 0 aromatic carbocycles. The number of hydrogen-bond acceptors (Lipinski definition) is 4. The molecular weight excluding hydrogens is 236 g/mol. The Morgan fingerprint density at radius 3 is 2.94 bits per heavy atom. The van der Waals surface area contributed by atoms with Crippen molar-refractivity contribution in [2.75, 3.05) is 13.2 Å². The molecular formula is C12H18N2O2S. The predicted molar refractivity (Wildman–Crippen MR) is 70.6 cm³/mol. The number of hydrogen-bond donors (Lipinski definition) is 1. The highest BCUT2D eigenvalue weighted by Crippen LogP contribution is 2.07. The van der Waals surface area contributed by atoms with Crippen LogP contribution in [0.15, 0.2) is 22.5 Å². The quantitative estimate of drug-likeness (QED) is 0.499. The molecule has 0 aliphatic carbocycles. The number of unbranched alkanes of at least 4 members (excludes halogenated alkanes) is 1. The van der Waals surface area contributed by atoms with Gasteiger partial charge in [-0.25, -0.2) is 4.99 Å². The smallest absolute Gasteiger partial charge is 0.291 e. The summed E-state index contributed by atoms with van der Waals surface area (Å²) in [6.07, 6.45) is 2.06. The molecule has 1 amide bonds. The SMILES string of the molecule is CCCCN=C(NC(=O)c1cccs1)OCC. The van der Waals surface area contributed by atoms with Crippen LogP contribution >= 0.6 is 11.3 Å². The average Bonchev–Trinajstić information content (AvgIpc) is 2.83. The van der Waals surface area contributed by atoms with Crippen molar-refractivity contribution in [2.24, 2.45) is 4.99 Å². The summed E-state index contributed by atoms with van der Waals surface area (Å²) < 4.78 is 5.28. The molecule has 0 aliphatic heterocycles. The monoisotopic (exact) mass is 254 g/mol. The number of nitrogens with zero attached hydrogens (tertiary/aromatic N) is 1. The van der Waals surface area contributed by atoms with Gasteiger partial charge in [0.15, 0.2) is 0 Å². The molecule has 0 saturated carbocycles. The lowest BCUT2D eigenvalue weighted by Gasteiger charge is -2.08. The van der Waals surface area contributed by atoms with Crippen molar-refractivity contribution in [1.82, 2.24) is 5.32 Å². The van der Waals surface area contributed by atoms with Crippen molar-refractivity contribution in [3.05, 3.63) is 22.4 Å². The van der Waals surface area contributed by atoms with Gasteiger partial charge in [0.25, 0.3) is 11.9 Å². The maximum Gasteiger partial charge on any atom is 0.291 e. The molecule has 1 rings (SSSR count).